The maximum absolute atomic E-state index is 4.41. The van der Waals surface area contributed by atoms with Crippen molar-refractivity contribution in [3.63, 3.8) is 0 Å². The first kappa shape index (κ1) is 10.2. The van der Waals surface area contributed by atoms with E-state index in [4.69, 9.17) is 0 Å². The molecule has 3 rings (SSSR count). The van der Waals surface area contributed by atoms with Crippen LogP contribution in [0.25, 0.3) is 0 Å². The second kappa shape index (κ2) is 3.80. The number of aromatic nitrogens is 2. The number of nitrogens with one attached hydrogen (secondary N) is 2. The molecule has 0 aliphatic carbocycles. The van der Waals surface area contributed by atoms with E-state index in [0.717, 1.165) is 23.7 Å². The molecule has 0 amide bonds. The molecule has 1 aliphatic heterocycles. The number of aryl methyl sites for hydroxylation is 2. The number of hydrogen-bond acceptors (Lipinski definition) is 3. The Labute approximate surface area is 101 Å². The summed E-state index contributed by atoms with van der Waals surface area (Å²) in [5.41, 5.74) is 3.46. The van der Waals surface area contributed by atoms with Crippen molar-refractivity contribution < 1.29 is 0 Å². The molecular weight excluding hydrogens is 212 g/mol. The van der Waals surface area contributed by atoms with Crippen LogP contribution in [-0.4, -0.2) is 16.3 Å². The standard InChI is InChI=1S/C13H16N4/c1-9-12-13(17(2)16-9)15-11(8-14-12)10-6-4-3-5-7-10/h3-7,11,14-15H,8H2,1-2H3. The SMILES string of the molecule is Cc1nn(C)c2c1NCC(c1ccccc1)N2. The van der Waals surface area contributed by atoms with Crippen molar-refractivity contribution >= 4 is 11.5 Å². The Morgan fingerprint density at radius 2 is 2.06 bits per heavy atom. The molecule has 88 valence electrons. The number of rotatable bonds is 1. The van der Waals surface area contributed by atoms with Crippen molar-refractivity contribution in [2.75, 3.05) is 17.2 Å². The largest absolute Gasteiger partial charge is 0.378 e. The van der Waals surface area contributed by atoms with Crippen LogP contribution >= 0.6 is 0 Å². The predicted molar refractivity (Wildman–Crippen MR) is 69.2 cm³/mol. The topological polar surface area (TPSA) is 41.9 Å². The minimum absolute atomic E-state index is 0.304. The fourth-order valence-electron chi connectivity index (χ4n) is 2.34. The number of nitrogens with zero attached hydrogens (tertiary/aromatic N) is 2. The summed E-state index contributed by atoms with van der Waals surface area (Å²) >= 11 is 0. The highest BCUT2D eigenvalue weighted by molar-refractivity contribution is 5.70. The van der Waals surface area contributed by atoms with E-state index in [0.29, 0.717) is 6.04 Å². The molecule has 1 aromatic carbocycles. The Balaban J connectivity index is 1.93. The van der Waals surface area contributed by atoms with Crippen LogP contribution in [0.4, 0.5) is 11.5 Å². The summed E-state index contributed by atoms with van der Waals surface area (Å²) in [5.74, 6) is 1.07. The third-order valence-corrected chi connectivity index (χ3v) is 3.22. The Morgan fingerprint density at radius 3 is 2.82 bits per heavy atom. The maximum Gasteiger partial charge on any atom is 0.148 e. The zero-order chi connectivity index (χ0) is 11.8. The molecular formula is C13H16N4. The predicted octanol–water partition coefficient (Wildman–Crippen LogP) is 2.31. The average Bonchev–Trinajstić information content (AvgIpc) is 2.66. The number of benzene rings is 1. The lowest BCUT2D eigenvalue weighted by Gasteiger charge is -2.27. The Hall–Kier alpha value is -1.97. The van der Waals surface area contributed by atoms with Gasteiger partial charge in [0, 0.05) is 13.6 Å². The maximum atomic E-state index is 4.41. The first-order valence-electron chi connectivity index (χ1n) is 5.84. The molecule has 1 atom stereocenters. The first-order valence-corrected chi connectivity index (χ1v) is 5.84. The zero-order valence-corrected chi connectivity index (χ0v) is 10.1. The monoisotopic (exact) mass is 228 g/mol. The smallest absolute Gasteiger partial charge is 0.148 e. The van der Waals surface area contributed by atoms with Gasteiger partial charge in [-0.25, -0.2) is 0 Å². The summed E-state index contributed by atoms with van der Waals surface area (Å²) in [5, 5.41) is 11.4. The highest BCUT2D eigenvalue weighted by Gasteiger charge is 2.23. The van der Waals surface area contributed by atoms with Crippen LogP contribution in [0.1, 0.15) is 17.3 Å². The van der Waals surface area contributed by atoms with Crippen LogP contribution in [0.5, 0.6) is 0 Å². The van der Waals surface area contributed by atoms with E-state index in [1.54, 1.807) is 0 Å². The molecule has 2 N–H and O–H groups in total. The number of fused-ring (bicyclic) bond motifs is 1. The van der Waals surface area contributed by atoms with Crippen LogP contribution in [0, 0.1) is 6.92 Å². The molecule has 1 unspecified atom stereocenters. The van der Waals surface area contributed by atoms with E-state index in [-0.39, 0.29) is 0 Å². The Morgan fingerprint density at radius 1 is 1.29 bits per heavy atom. The third kappa shape index (κ3) is 1.65. The van der Waals surface area contributed by atoms with E-state index in [9.17, 15) is 0 Å². The van der Waals surface area contributed by atoms with Crippen molar-refractivity contribution in [1.29, 1.82) is 0 Å². The normalized spacial score (nSPS) is 18.1. The quantitative estimate of drug-likeness (QED) is 0.787. The van der Waals surface area contributed by atoms with Crippen LogP contribution < -0.4 is 10.6 Å². The van der Waals surface area contributed by atoms with Crippen molar-refractivity contribution in [2.24, 2.45) is 7.05 Å². The number of anilines is 2. The summed E-state index contributed by atoms with van der Waals surface area (Å²) in [4.78, 5) is 0. The van der Waals surface area contributed by atoms with Crippen molar-refractivity contribution in [2.45, 2.75) is 13.0 Å². The van der Waals surface area contributed by atoms with Gasteiger partial charge < -0.3 is 10.6 Å². The third-order valence-electron chi connectivity index (χ3n) is 3.22. The van der Waals surface area contributed by atoms with Gasteiger partial charge >= 0.3 is 0 Å². The lowest BCUT2D eigenvalue weighted by molar-refractivity contribution is 0.727. The minimum atomic E-state index is 0.304. The minimum Gasteiger partial charge on any atom is -0.378 e. The summed E-state index contributed by atoms with van der Waals surface area (Å²) in [6.07, 6.45) is 0. The van der Waals surface area contributed by atoms with Crippen molar-refractivity contribution in [3.8, 4) is 0 Å². The average molecular weight is 228 g/mol. The fraction of sp³-hybridized carbons (Fsp3) is 0.308. The molecule has 1 aromatic heterocycles. The summed E-state index contributed by atoms with van der Waals surface area (Å²) < 4.78 is 1.90. The fourth-order valence-corrected chi connectivity index (χ4v) is 2.34. The second-order valence-electron chi connectivity index (χ2n) is 4.42. The van der Waals surface area contributed by atoms with Gasteiger partial charge in [0.15, 0.2) is 0 Å². The molecule has 0 fully saturated rings. The Kier molecular flexibility index (Phi) is 2.28. The highest BCUT2D eigenvalue weighted by Crippen LogP contribution is 2.33. The van der Waals surface area contributed by atoms with Crippen LogP contribution in [0.15, 0.2) is 30.3 Å². The first-order chi connectivity index (χ1) is 8.25. The van der Waals surface area contributed by atoms with E-state index >= 15 is 0 Å². The van der Waals surface area contributed by atoms with Crippen LogP contribution in [0.3, 0.4) is 0 Å². The Bertz CT molecular complexity index is 530. The van der Waals surface area contributed by atoms with Gasteiger partial charge in [-0.15, -0.1) is 0 Å². The molecule has 2 aromatic rings. The van der Waals surface area contributed by atoms with Crippen molar-refractivity contribution in [3.05, 3.63) is 41.6 Å². The highest BCUT2D eigenvalue weighted by atomic mass is 15.3. The van der Waals surface area contributed by atoms with Gasteiger partial charge in [-0.1, -0.05) is 30.3 Å². The molecule has 0 saturated heterocycles. The number of hydrogen-bond donors (Lipinski definition) is 2. The van der Waals surface area contributed by atoms with Gasteiger partial charge in [0.1, 0.15) is 11.5 Å². The molecule has 0 radical (unpaired) electrons. The second-order valence-corrected chi connectivity index (χ2v) is 4.42. The van der Waals surface area contributed by atoms with Gasteiger partial charge in [-0.05, 0) is 12.5 Å². The summed E-state index contributed by atoms with van der Waals surface area (Å²) in [6, 6.07) is 10.8. The van der Waals surface area contributed by atoms with Crippen molar-refractivity contribution in [1.82, 2.24) is 9.78 Å². The van der Waals surface area contributed by atoms with E-state index in [1.165, 1.54) is 5.56 Å². The zero-order valence-electron chi connectivity index (χ0n) is 10.1. The molecule has 0 saturated carbocycles. The van der Waals surface area contributed by atoms with Gasteiger partial charge in [-0.3, -0.25) is 4.68 Å². The van der Waals surface area contributed by atoms with E-state index in [2.05, 4.69) is 40.0 Å². The molecule has 4 heteroatoms. The molecule has 0 bridgehead atoms. The molecule has 17 heavy (non-hydrogen) atoms. The van der Waals surface area contributed by atoms with E-state index in [1.807, 2.05) is 24.7 Å². The summed E-state index contributed by atoms with van der Waals surface area (Å²) in [7, 11) is 1.97. The molecule has 0 spiro atoms. The van der Waals surface area contributed by atoms with E-state index < -0.39 is 0 Å². The molecule has 2 heterocycles. The van der Waals surface area contributed by atoms with Gasteiger partial charge in [0.2, 0.25) is 0 Å². The van der Waals surface area contributed by atoms with Gasteiger partial charge in [-0.2, -0.15) is 5.10 Å². The lowest BCUT2D eigenvalue weighted by Crippen LogP contribution is -2.26. The lowest BCUT2D eigenvalue weighted by atomic mass is 10.1. The van der Waals surface area contributed by atoms with Crippen LogP contribution in [0.2, 0.25) is 0 Å². The molecule has 4 nitrogen and oxygen atoms in total. The van der Waals surface area contributed by atoms with Crippen LogP contribution in [-0.2, 0) is 7.05 Å². The summed E-state index contributed by atoms with van der Waals surface area (Å²) in [6.45, 7) is 2.92. The molecule has 1 aliphatic rings. The van der Waals surface area contributed by atoms with Gasteiger partial charge in [0.25, 0.3) is 0 Å². The van der Waals surface area contributed by atoms with Gasteiger partial charge in [0.05, 0.1) is 11.7 Å².